The molecular weight excluding hydrogens is 434 g/mol. The summed E-state index contributed by atoms with van der Waals surface area (Å²) in [7, 11) is 0. The van der Waals surface area contributed by atoms with Crippen molar-refractivity contribution in [1.29, 1.82) is 0 Å². The minimum absolute atomic E-state index is 0.0223. The first-order valence-electron chi connectivity index (χ1n) is 11.4. The lowest BCUT2D eigenvalue weighted by Crippen LogP contribution is -2.40. The van der Waals surface area contributed by atoms with E-state index in [0.717, 1.165) is 53.8 Å². The van der Waals surface area contributed by atoms with E-state index in [1.807, 2.05) is 36.6 Å². The van der Waals surface area contributed by atoms with E-state index in [2.05, 4.69) is 46.4 Å². The summed E-state index contributed by atoms with van der Waals surface area (Å²) in [6, 6.07) is 16.3. The SMILES string of the molecule is CCOc1ccc(-c2nc(CC(=O)NCc3cccc(CN4CCOC(C)C4)c3)cs2)cc1. The minimum atomic E-state index is -0.0223. The van der Waals surface area contributed by atoms with Gasteiger partial charge in [0.05, 0.1) is 31.4 Å². The normalized spacial score (nSPS) is 16.5. The van der Waals surface area contributed by atoms with Gasteiger partial charge in [0.2, 0.25) is 5.91 Å². The Labute approximate surface area is 199 Å². The Bertz CT molecular complexity index is 1050. The van der Waals surface area contributed by atoms with Crippen LogP contribution in [0.2, 0.25) is 0 Å². The summed E-state index contributed by atoms with van der Waals surface area (Å²) in [5.74, 6) is 0.826. The van der Waals surface area contributed by atoms with Crippen LogP contribution >= 0.6 is 11.3 Å². The number of nitrogens with one attached hydrogen (secondary N) is 1. The van der Waals surface area contributed by atoms with Crippen molar-refractivity contribution in [2.75, 3.05) is 26.3 Å². The third-order valence-electron chi connectivity index (χ3n) is 5.52. The van der Waals surface area contributed by atoms with Crippen LogP contribution in [0.3, 0.4) is 0 Å². The lowest BCUT2D eigenvalue weighted by Gasteiger charge is -2.31. The number of benzene rings is 2. The third kappa shape index (κ3) is 6.87. The summed E-state index contributed by atoms with van der Waals surface area (Å²) in [6.45, 7) is 8.84. The van der Waals surface area contributed by atoms with Gasteiger partial charge in [0.1, 0.15) is 10.8 Å². The smallest absolute Gasteiger partial charge is 0.226 e. The van der Waals surface area contributed by atoms with E-state index in [9.17, 15) is 4.79 Å². The van der Waals surface area contributed by atoms with E-state index in [0.29, 0.717) is 13.2 Å². The van der Waals surface area contributed by atoms with Gasteiger partial charge in [-0.3, -0.25) is 9.69 Å². The quantitative estimate of drug-likeness (QED) is 0.511. The molecular formula is C26H31N3O3S. The van der Waals surface area contributed by atoms with Crippen LogP contribution in [-0.4, -0.2) is 48.2 Å². The summed E-state index contributed by atoms with van der Waals surface area (Å²) < 4.78 is 11.1. The predicted molar refractivity (Wildman–Crippen MR) is 131 cm³/mol. The van der Waals surface area contributed by atoms with E-state index < -0.39 is 0 Å². The Hall–Kier alpha value is -2.74. The number of aromatic nitrogens is 1. The first-order chi connectivity index (χ1) is 16.1. The number of ether oxygens (including phenoxy) is 2. The topological polar surface area (TPSA) is 63.7 Å². The van der Waals surface area contributed by atoms with Crippen LogP contribution in [-0.2, 0) is 29.0 Å². The van der Waals surface area contributed by atoms with Crippen LogP contribution in [0.1, 0.15) is 30.7 Å². The molecule has 7 heteroatoms. The molecule has 2 aromatic carbocycles. The average Bonchev–Trinajstić information content (AvgIpc) is 3.27. The van der Waals surface area contributed by atoms with Crippen molar-refractivity contribution in [3.05, 3.63) is 70.7 Å². The van der Waals surface area contributed by atoms with Gasteiger partial charge in [0.25, 0.3) is 0 Å². The highest BCUT2D eigenvalue weighted by atomic mass is 32.1. The van der Waals surface area contributed by atoms with Gasteiger partial charge in [-0.1, -0.05) is 24.3 Å². The van der Waals surface area contributed by atoms with Crippen LogP contribution in [0.15, 0.2) is 53.9 Å². The molecule has 6 nitrogen and oxygen atoms in total. The van der Waals surface area contributed by atoms with Gasteiger partial charge in [-0.2, -0.15) is 0 Å². The van der Waals surface area contributed by atoms with Gasteiger partial charge >= 0.3 is 0 Å². The maximum Gasteiger partial charge on any atom is 0.226 e. The molecule has 1 N–H and O–H groups in total. The molecule has 0 spiro atoms. The maximum absolute atomic E-state index is 12.5. The van der Waals surface area contributed by atoms with Gasteiger partial charge in [0.15, 0.2) is 0 Å². The summed E-state index contributed by atoms with van der Waals surface area (Å²) in [5.41, 5.74) is 4.18. The first kappa shape index (κ1) is 23.4. The fourth-order valence-corrected chi connectivity index (χ4v) is 4.77. The second-order valence-electron chi connectivity index (χ2n) is 8.29. The van der Waals surface area contributed by atoms with Gasteiger partial charge in [-0.15, -0.1) is 11.3 Å². The molecule has 3 aromatic rings. The van der Waals surface area contributed by atoms with Crippen LogP contribution in [0.4, 0.5) is 0 Å². The van der Waals surface area contributed by atoms with Crippen molar-refractivity contribution in [3.63, 3.8) is 0 Å². The number of carbonyl (C=O) groups is 1. The number of hydrogen-bond donors (Lipinski definition) is 1. The van der Waals surface area contributed by atoms with Crippen molar-refractivity contribution in [3.8, 4) is 16.3 Å². The molecule has 1 atom stereocenters. The molecule has 1 saturated heterocycles. The zero-order chi connectivity index (χ0) is 23.0. The largest absolute Gasteiger partial charge is 0.494 e. The van der Waals surface area contributed by atoms with Crippen molar-refractivity contribution in [1.82, 2.24) is 15.2 Å². The summed E-state index contributed by atoms with van der Waals surface area (Å²) >= 11 is 1.55. The zero-order valence-electron chi connectivity index (χ0n) is 19.3. The second kappa shape index (κ2) is 11.4. The monoisotopic (exact) mass is 465 g/mol. The highest BCUT2D eigenvalue weighted by molar-refractivity contribution is 7.13. The van der Waals surface area contributed by atoms with Crippen molar-refractivity contribution in [2.45, 2.75) is 39.5 Å². The molecule has 1 aromatic heterocycles. The Morgan fingerprint density at radius 3 is 2.85 bits per heavy atom. The minimum Gasteiger partial charge on any atom is -0.494 e. The molecule has 4 rings (SSSR count). The summed E-state index contributed by atoms with van der Waals surface area (Å²) in [6.07, 6.45) is 0.556. The lowest BCUT2D eigenvalue weighted by atomic mass is 10.1. The molecule has 0 aliphatic carbocycles. The maximum atomic E-state index is 12.5. The Kier molecular flexibility index (Phi) is 8.10. The van der Waals surface area contributed by atoms with E-state index in [4.69, 9.17) is 9.47 Å². The van der Waals surface area contributed by atoms with Gasteiger partial charge in [-0.25, -0.2) is 4.98 Å². The Morgan fingerprint density at radius 1 is 1.24 bits per heavy atom. The van der Waals surface area contributed by atoms with Gasteiger partial charge < -0.3 is 14.8 Å². The lowest BCUT2D eigenvalue weighted by molar-refractivity contribution is -0.120. The standard InChI is InChI=1S/C26H31N3O3S/c1-3-31-24-9-7-22(8-10-24)26-28-23(18-33-26)14-25(30)27-15-20-5-4-6-21(13-20)17-29-11-12-32-19(2)16-29/h4-10,13,18-19H,3,11-12,14-17H2,1-2H3,(H,27,30). The number of morpholine rings is 1. The summed E-state index contributed by atoms with van der Waals surface area (Å²) in [5, 5.41) is 5.89. The van der Waals surface area contributed by atoms with Crippen LogP contribution in [0.5, 0.6) is 5.75 Å². The molecule has 2 heterocycles. The van der Waals surface area contributed by atoms with Crippen LogP contribution in [0, 0.1) is 0 Å². The van der Waals surface area contributed by atoms with E-state index >= 15 is 0 Å². The number of carbonyl (C=O) groups excluding carboxylic acids is 1. The molecule has 1 amide bonds. The van der Waals surface area contributed by atoms with Gasteiger partial charge in [0, 0.05) is 37.1 Å². The number of amides is 1. The molecule has 0 saturated carbocycles. The fourth-order valence-electron chi connectivity index (χ4n) is 3.94. The first-order valence-corrected chi connectivity index (χ1v) is 12.3. The van der Waals surface area contributed by atoms with Gasteiger partial charge in [-0.05, 0) is 49.2 Å². The highest BCUT2D eigenvalue weighted by Crippen LogP contribution is 2.26. The molecule has 1 aliphatic rings. The van der Waals surface area contributed by atoms with Crippen LogP contribution in [0.25, 0.3) is 10.6 Å². The second-order valence-corrected chi connectivity index (χ2v) is 9.15. The molecule has 1 aliphatic heterocycles. The molecule has 33 heavy (non-hydrogen) atoms. The number of hydrogen-bond acceptors (Lipinski definition) is 6. The average molecular weight is 466 g/mol. The number of thiazole rings is 1. The molecule has 1 unspecified atom stereocenters. The molecule has 0 bridgehead atoms. The molecule has 1 fully saturated rings. The zero-order valence-corrected chi connectivity index (χ0v) is 20.1. The van der Waals surface area contributed by atoms with Crippen molar-refractivity contribution in [2.24, 2.45) is 0 Å². The summed E-state index contributed by atoms with van der Waals surface area (Å²) in [4.78, 5) is 19.6. The molecule has 174 valence electrons. The fraction of sp³-hybridized carbons (Fsp3) is 0.385. The van der Waals surface area contributed by atoms with E-state index in [-0.39, 0.29) is 18.4 Å². The highest BCUT2D eigenvalue weighted by Gasteiger charge is 2.16. The van der Waals surface area contributed by atoms with Crippen molar-refractivity contribution >= 4 is 17.2 Å². The van der Waals surface area contributed by atoms with E-state index in [1.165, 1.54) is 5.56 Å². The number of nitrogens with zero attached hydrogens (tertiary/aromatic N) is 2. The Morgan fingerprint density at radius 2 is 2.06 bits per heavy atom. The van der Waals surface area contributed by atoms with Crippen LogP contribution < -0.4 is 10.1 Å². The van der Waals surface area contributed by atoms with E-state index in [1.54, 1.807) is 11.3 Å². The number of rotatable bonds is 9. The third-order valence-corrected chi connectivity index (χ3v) is 6.46. The Balaban J connectivity index is 1.27. The molecule has 0 radical (unpaired) electrons. The van der Waals surface area contributed by atoms with Crippen molar-refractivity contribution < 1.29 is 14.3 Å². The predicted octanol–water partition coefficient (Wildman–Crippen LogP) is 4.29.